The number of hydrogen-bond acceptors (Lipinski definition) is 2. The van der Waals surface area contributed by atoms with Crippen LogP contribution in [0.2, 0.25) is 0 Å². The van der Waals surface area contributed by atoms with Crippen LogP contribution in [-0.4, -0.2) is 33.3 Å². The largest absolute Gasteiger partial charge is 0.357 e. The molecule has 3 heterocycles. The minimum Gasteiger partial charge on any atom is -0.357 e. The lowest BCUT2D eigenvalue weighted by atomic mass is 10.1. The topological polar surface area (TPSA) is 73.6 Å². The van der Waals surface area contributed by atoms with Crippen LogP contribution in [0.3, 0.4) is 0 Å². The summed E-state index contributed by atoms with van der Waals surface area (Å²) < 4.78 is 26.1. The Morgan fingerprint density at radius 1 is 1.38 bits per heavy atom. The number of carbonyl (C=O) groups excluding carboxylic acids is 1. The molecule has 0 aliphatic carbocycles. The van der Waals surface area contributed by atoms with Crippen molar-refractivity contribution in [3.63, 3.8) is 0 Å². The number of amides is 1. The van der Waals surface area contributed by atoms with Gasteiger partial charge in [-0.3, -0.25) is 4.79 Å². The molecule has 0 bridgehead atoms. The molecule has 7 heteroatoms. The number of nitrogens with zero attached hydrogens (tertiary/aromatic N) is 1. The highest BCUT2D eigenvalue weighted by Crippen LogP contribution is 2.27. The SMILES string of the molecule is C=CC(F)(F)CCNC(=O)c1cc(-c2ccnc3[nH]ccc23)c[nH]1. The van der Waals surface area contributed by atoms with E-state index in [9.17, 15) is 13.6 Å². The van der Waals surface area contributed by atoms with Crippen molar-refractivity contribution >= 4 is 16.9 Å². The van der Waals surface area contributed by atoms with Crippen LogP contribution >= 0.6 is 0 Å². The Hall–Kier alpha value is -2.96. The van der Waals surface area contributed by atoms with Gasteiger partial charge in [-0.15, -0.1) is 0 Å². The standard InChI is InChI=1S/C17H16F2N4O/c1-2-17(18,19)5-8-22-16(24)14-9-11(10-23-14)12-3-6-20-15-13(12)4-7-21-15/h2-4,6-7,9-10,23H,1,5,8H2,(H,20,21)(H,22,24). The number of nitrogens with one attached hydrogen (secondary N) is 3. The van der Waals surface area contributed by atoms with Crippen LogP contribution in [0.5, 0.6) is 0 Å². The summed E-state index contributed by atoms with van der Waals surface area (Å²) in [7, 11) is 0. The summed E-state index contributed by atoms with van der Waals surface area (Å²) in [4.78, 5) is 22.2. The highest BCUT2D eigenvalue weighted by Gasteiger charge is 2.23. The number of halogens is 2. The fourth-order valence-corrected chi connectivity index (χ4v) is 2.43. The molecule has 0 aromatic carbocycles. The van der Waals surface area contributed by atoms with Crippen molar-refractivity contribution < 1.29 is 13.6 Å². The monoisotopic (exact) mass is 330 g/mol. The third-order valence-corrected chi connectivity index (χ3v) is 3.74. The molecule has 0 unspecified atom stereocenters. The van der Waals surface area contributed by atoms with Gasteiger partial charge in [-0.25, -0.2) is 13.8 Å². The van der Waals surface area contributed by atoms with E-state index in [1.54, 1.807) is 24.7 Å². The number of alkyl halides is 2. The molecule has 0 saturated carbocycles. The van der Waals surface area contributed by atoms with Gasteiger partial charge in [-0.2, -0.15) is 0 Å². The first-order chi connectivity index (χ1) is 11.5. The van der Waals surface area contributed by atoms with Crippen LogP contribution in [0.25, 0.3) is 22.2 Å². The van der Waals surface area contributed by atoms with Crippen LogP contribution < -0.4 is 5.32 Å². The Morgan fingerprint density at radius 2 is 2.21 bits per heavy atom. The van der Waals surface area contributed by atoms with Gasteiger partial charge in [0.05, 0.1) is 0 Å². The van der Waals surface area contributed by atoms with E-state index < -0.39 is 18.3 Å². The Bertz CT molecular complexity index is 881. The quantitative estimate of drug-likeness (QED) is 0.605. The number of hydrogen-bond donors (Lipinski definition) is 3. The summed E-state index contributed by atoms with van der Waals surface area (Å²) in [5, 5.41) is 3.41. The Morgan fingerprint density at radius 3 is 3.00 bits per heavy atom. The average molecular weight is 330 g/mol. The molecule has 0 aliphatic rings. The van der Waals surface area contributed by atoms with Crippen molar-refractivity contribution in [1.29, 1.82) is 0 Å². The molecule has 5 nitrogen and oxygen atoms in total. The number of pyridine rings is 1. The van der Waals surface area contributed by atoms with Gasteiger partial charge in [0.25, 0.3) is 11.8 Å². The molecule has 1 amide bonds. The smallest absolute Gasteiger partial charge is 0.267 e. The average Bonchev–Trinajstić information content (AvgIpc) is 3.23. The molecule has 0 radical (unpaired) electrons. The van der Waals surface area contributed by atoms with Gasteiger partial charge in [-0.1, -0.05) is 6.58 Å². The fraction of sp³-hybridized carbons (Fsp3) is 0.176. The third-order valence-electron chi connectivity index (χ3n) is 3.74. The summed E-state index contributed by atoms with van der Waals surface area (Å²) in [6.07, 6.45) is 5.27. The molecule has 24 heavy (non-hydrogen) atoms. The van der Waals surface area contributed by atoms with E-state index in [4.69, 9.17) is 0 Å². The van der Waals surface area contributed by atoms with E-state index >= 15 is 0 Å². The van der Waals surface area contributed by atoms with Crippen LogP contribution in [0.4, 0.5) is 8.78 Å². The number of carbonyl (C=O) groups is 1. The first-order valence-corrected chi connectivity index (χ1v) is 7.41. The third kappa shape index (κ3) is 3.19. The molecule has 0 fully saturated rings. The number of rotatable bonds is 6. The molecule has 124 valence electrons. The maximum absolute atomic E-state index is 13.1. The highest BCUT2D eigenvalue weighted by molar-refractivity contribution is 5.97. The van der Waals surface area contributed by atoms with Gasteiger partial charge >= 0.3 is 0 Å². The van der Waals surface area contributed by atoms with Crippen molar-refractivity contribution in [3.8, 4) is 11.1 Å². The van der Waals surface area contributed by atoms with E-state index in [1.165, 1.54) is 0 Å². The lowest BCUT2D eigenvalue weighted by molar-refractivity contribution is 0.0459. The number of aromatic nitrogens is 3. The summed E-state index contributed by atoms with van der Waals surface area (Å²) in [5.74, 6) is -3.41. The molecule has 0 spiro atoms. The van der Waals surface area contributed by atoms with E-state index in [-0.39, 0.29) is 6.54 Å². The zero-order chi connectivity index (χ0) is 17.2. The molecule has 0 atom stereocenters. The second-order valence-electron chi connectivity index (χ2n) is 5.37. The van der Waals surface area contributed by atoms with Crippen molar-refractivity contribution in [2.75, 3.05) is 6.54 Å². The zero-order valence-corrected chi connectivity index (χ0v) is 12.8. The van der Waals surface area contributed by atoms with Crippen molar-refractivity contribution in [3.05, 3.63) is 55.1 Å². The van der Waals surface area contributed by atoms with Crippen LogP contribution in [0.1, 0.15) is 16.9 Å². The van der Waals surface area contributed by atoms with E-state index in [0.717, 1.165) is 22.2 Å². The summed E-state index contributed by atoms with van der Waals surface area (Å²) in [5.41, 5.74) is 2.82. The molecule has 3 aromatic heterocycles. The highest BCUT2D eigenvalue weighted by atomic mass is 19.3. The van der Waals surface area contributed by atoms with Gasteiger partial charge in [0.1, 0.15) is 11.3 Å². The second kappa shape index (κ2) is 6.27. The molecule has 3 aromatic rings. The number of fused-ring (bicyclic) bond motifs is 1. The molecule has 0 saturated heterocycles. The minimum absolute atomic E-state index is 0.135. The fourth-order valence-electron chi connectivity index (χ4n) is 2.43. The van der Waals surface area contributed by atoms with Crippen LogP contribution in [-0.2, 0) is 0 Å². The van der Waals surface area contributed by atoms with Gasteiger partial charge in [0.2, 0.25) is 0 Å². The zero-order valence-electron chi connectivity index (χ0n) is 12.8. The summed E-state index contributed by atoms with van der Waals surface area (Å²) in [6.45, 7) is 2.93. The lowest BCUT2D eigenvalue weighted by Crippen LogP contribution is -2.28. The Balaban J connectivity index is 1.72. The molecular weight excluding hydrogens is 314 g/mol. The Labute approximate surface area is 136 Å². The van der Waals surface area contributed by atoms with Crippen molar-refractivity contribution in [2.45, 2.75) is 12.3 Å². The lowest BCUT2D eigenvalue weighted by Gasteiger charge is -2.11. The van der Waals surface area contributed by atoms with E-state index in [0.29, 0.717) is 11.8 Å². The second-order valence-corrected chi connectivity index (χ2v) is 5.37. The van der Waals surface area contributed by atoms with Gasteiger partial charge in [0, 0.05) is 42.5 Å². The molecule has 3 rings (SSSR count). The summed E-state index contributed by atoms with van der Waals surface area (Å²) in [6, 6.07) is 5.44. The van der Waals surface area contributed by atoms with Crippen LogP contribution in [0.15, 0.2) is 49.4 Å². The molecule has 3 N–H and O–H groups in total. The molecular formula is C17H16F2N4O. The minimum atomic E-state index is -2.98. The molecule has 0 aliphatic heterocycles. The number of allylic oxidation sites excluding steroid dienone is 1. The predicted octanol–water partition coefficient (Wildman–Crippen LogP) is 3.50. The van der Waals surface area contributed by atoms with Gasteiger partial charge in [-0.05, 0) is 29.8 Å². The number of aromatic amines is 2. The van der Waals surface area contributed by atoms with Crippen molar-refractivity contribution in [1.82, 2.24) is 20.3 Å². The maximum Gasteiger partial charge on any atom is 0.267 e. The van der Waals surface area contributed by atoms with E-state index in [2.05, 4.69) is 26.8 Å². The maximum atomic E-state index is 13.1. The van der Waals surface area contributed by atoms with Gasteiger partial charge < -0.3 is 15.3 Å². The first-order valence-electron chi connectivity index (χ1n) is 7.41. The summed E-state index contributed by atoms with van der Waals surface area (Å²) >= 11 is 0. The number of H-pyrrole nitrogens is 2. The van der Waals surface area contributed by atoms with Crippen molar-refractivity contribution in [2.24, 2.45) is 0 Å². The normalized spacial score (nSPS) is 11.6. The first kappa shape index (κ1) is 15.9. The Kier molecular flexibility index (Phi) is 4.16. The predicted molar refractivity (Wildman–Crippen MR) is 88.0 cm³/mol. The van der Waals surface area contributed by atoms with E-state index in [1.807, 2.05) is 12.1 Å². The van der Waals surface area contributed by atoms with Gasteiger partial charge in [0.15, 0.2) is 0 Å². The van der Waals surface area contributed by atoms with Crippen LogP contribution in [0, 0.1) is 0 Å².